The second-order valence-electron chi connectivity index (χ2n) is 3.12. The summed E-state index contributed by atoms with van der Waals surface area (Å²) in [6.07, 6.45) is 1.88. The topological polar surface area (TPSA) is 73.0 Å². The van der Waals surface area contributed by atoms with Crippen molar-refractivity contribution in [2.24, 2.45) is 11.7 Å². The van der Waals surface area contributed by atoms with Gasteiger partial charge in [0.05, 0.1) is 0 Å². The summed E-state index contributed by atoms with van der Waals surface area (Å²) in [6, 6.07) is 0.470. The zero-order valence-electron chi connectivity index (χ0n) is 8.02. The van der Waals surface area contributed by atoms with Crippen LogP contribution in [0.15, 0.2) is 11.9 Å². The molecule has 3 heteroatoms. The summed E-state index contributed by atoms with van der Waals surface area (Å²) in [4.78, 5) is 0. The van der Waals surface area contributed by atoms with Crippen molar-refractivity contribution in [3.8, 4) is 0 Å². The van der Waals surface area contributed by atoms with E-state index in [1.54, 1.807) is 0 Å². The highest BCUT2D eigenvalue weighted by Gasteiger charge is 1.95. The predicted octanol–water partition coefficient (Wildman–Crippen LogP) is 1.60. The van der Waals surface area contributed by atoms with Gasteiger partial charge in [-0.05, 0) is 19.8 Å². The molecule has 0 aromatic rings. The minimum absolute atomic E-state index is 0. The van der Waals surface area contributed by atoms with Gasteiger partial charge < -0.3 is 17.2 Å². The Bertz CT molecular complexity index is 117. The van der Waals surface area contributed by atoms with Gasteiger partial charge in [0.25, 0.3) is 0 Å². The van der Waals surface area contributed by atoms with Crippen molar-refractivity contribution < 1.29 is 0 Å². The van der Waals surface area contributed by atoms with Crippen molar-refractivity contribution in [1.82, 2.24) is 11.5 Å². The molecule has 0 aliphatic heterocycles. The van der Waals surface area contributed by atoms with E-state index in [0.717, 1.165) is 5.70 Å². The van der Waals surface area contributed by atoms with Crippen LogP contribution in [0.25, 0.3) is 0 Å². The van der Waals surface area contributed by atoms with Gasteiger partial charge in [-0.2, -0.15) is 0 Å². The van der Waals surface area contributed by atoms with E-state index in [-0.39, 0.29) is 6.15 Å². The van der Waals surface area contributed by atoms with Crippen LogP contribution in [0.3, 0.4) is 0 Å². The summed E-state index contributed by atoms with van der Waals surface area (Å²) < 4.78 is 0. The van der Waals surface area contributed by atoms with E-state index in [9.17, 15) is 0 Å². The van der Waals surface area contributed by atoms with Gasteiger partial charge in [0.15, 0.2) is 0 Å². The standard InChI is InChI=1S/C8H18N2.H3N/c1-6(2)8(9)5-10-7(3)4;/h5-7,10H,9H2,1-4H3;1H3/b8-5-;. The Kier molecular flexibility index (Phi) is 7.10. The van der Waals surface area contributed by atoms with Crippen molar-refractivity contribution >= 4 is 0 Å². The van der Waals surface area contributed by atoms with E-state index in [1.807, 2.05) is 6.20 Å². The van der Waals surface area contributed by atoms with Crippen LogP contribution in [0.1, 0.15) is 27.7 Å². The zero-order chi connectivity index (χ0) is 8.15. The second kappa shape index (κ2) is 6.04. The highest BCUT2D eigenvalue weighted by atomic mass is 14.9. The van der Waals surface area contributed by atoms with E-state index in [2.05, 4.69) is 33.0 Å². The molecule has 0 spiro atoms. The lowest BCUT2D eigenvalue weighted by Crippen LogP contribution is -2.19. The van der Waals surface area contributed by atoms with Crippen molar-refractivity contribution in [3.63, 3.8) is 0 Å². The maximum Gasteiger partial charge on any atom is 0.0266 e. The normalized spacial score (nSPS) is 11.6. The fraction of sp³-hybridized carbons (Fsp3) is 0.750. The lowest BCUT2D eigenvalue weighted by atomic mass is 10.1. The molecule has 6 N–H and O–H groups in total. The first-order valence-electron chi connectivity index (χ1n) is 3.75. The summed E-state index contributed by atoms with van der Waals surface area (Å²) in [5, 5.41) is 3.14. The van der Waals surface area contributed by atoms with Crippen molar-refractivity contribution in [3.05, 3.63) is 11.9 Å². The van der Waals surface area contributed by atoms with Crippen molar-refractivity contribution in [2.75, 3.05) is 0 Å². The molecule has 0 aliphatic rings. The smallest absolute Gasteiger partial charge is 0.0266 e. The van der Waals surface area contributed by atoms with Crippen LogP contribution in [0.5, 0.6) is 0 Å². The predicted molar refractivity (Wildman–Crippen MR) is 50.4 cm³/mol. The molecule has 0 aromatic heterocycles. The second-order valence-corrected chi connectivity index (χ2v) is 3.12. The van der Waals surface area contributed by atoms with Crippen molar-refractivity contribution in [1.29, 1.82) is 0 Å². The summed E-state index contributed by atoms with van der Waals surface area (Å²) in [5.41, 5.74) is 6.57. The quantitative estimate of drug-likeness (QED) is 0.585. The summed E-state index contributed by atoms with van der Waals surface area (Å²) >= 11 is 0. The summed E-state index contributed by atoms with van der Waals surface area (Å²) in [6.45, 7) is 8.33. The minimum Gasteiger partial charge on any atom is -0.401 e. The molecule has 0 amide bonds. The van der Waals surface area contributed by atoms with Crippen LogP contribution in [-0.4, -0.2) is 6.04 Å². The Morgan fingerprint density at radius 1 is 1.27 bits per heavy atom. The Hall–Kier alpha value is -0.700. The average Bonchev–Trinajstić information content (AvgIpc) is 1.82. The van der Waals surface area contributed by atoms with Crippen LogP contribution in [0, 0.1) is 5.92 Å². The molecular formula is C8H21N3. The lowest BCUT2D eigenvalue weighted by Gasteiger charge is -2.08. The van der Waals surface area contributed by atoms with E-state index in [1.165, 1.54) is 0 Å². The van der Waals surface area contributed by atoms with Crippen LogP contribution in [0.2, 0.25) is 0 Å². The van der Waals surface area contributed by atoms with Gasteiger partial charge in [0.2, 0.25) is 0 Å². The van der Waals surface area contributed by atoms with Gasteiger partial charge >= 0.3 is 0 Å². The molecular weight excluding hydrogens is 138 g/mol. The number of rotatable bonds is 3. The molecule has 0 fully saturated rings. The third-order valence-corrected chi connectivity index (χ3v) is 1.25. The molecule has 0 atom stereocenters. The van der Waals surface area contributed by atoms with Crippen LogP contribution >= 0.6 is 0 Å². The molecule has 3 nitrogen and oxygen atoms in total. The fourth-order valence-electron chi connectivity index (χ4n) is 0.430. The molecule has 0 saturated heterocycles. The maximum absolute atomic E-state index is 5.66. The lowest BCUT2D eigenvalue weighted by molar-refractivity contribution is 0.673. The molecule has 0 aromatic carbocycles. The van der Waals surface area contributed by atoms with Gasteiger partial charge in [-0.1, -0.05) is 13.8 Å². The summed E-state index contributed by atoms with van der Waals surface area (Å²) in [7, 11) is 0. The molecule has 11 heavy (non-hydrogen) atoms. The zero-order valence-corrected chi connectivity index (χ0v) is 8.02. The molecule has 0 rings (SSSR count). The maximum atomic E-state index is 5.66. The number of nitrogens with one attached hydrogen (secondary N) is 1. The Balaban J connectivity index is 0. The Morgan fingerprint density at radius 2 is 1.73 bits per heavy atom. The molecule has 0 aliphatic carbocycles. The van der Waals surface area contributed by atoms with Gasteiger partial charge in [-0.15, -0.1) is 0 Å². The van der Waals surface area contributed by atoms with Crippen LogP contribution in [-0.2, 0) is 0 Å². The minimum atomic E-state index is 0. The first-order valence-corrected chi connectivity index (χ1v) is 3.75. The average molecular weight is 159 g/mol. The Morgan fingerprint density at radius 3 is 2.00 bits per heavy atom. The SMILES string of the molecule is CC(C)N/C=C(\N)C(C)C.N. The van der Waals surface area contributed by atoms with Gasteiger partial charge in [-0.3, -0.25) is 0 Å². The number of hydrogen-bond donors (Lipinski definition) is 3. The molecule has 68 valence electrons. The fourth-order valence-corrected chi connectivity index (χ4v) is 0.430. The number of nitrogens with two attached hydrogens (primary N) is 1. The molecule has 0 bridgehead atoms. The van der Waals surface area contributed by atoms with Gasteiger partial charge in [-0.25, -0.2) is 0 Å². The van der Waals surface area contributed by atoms with Crippen LogP contribution in [0.4, 0.5) is 0 Å². The number of hydrogen-bond acceptors (Lipinski definition) is 3. The largest absolute Gasteiger partial charge is 0.401 e. The van der Waals surface area contributed by atoms with E-state index in [4.69, 9.17) is 5.73 Å². The molecule has 0 saturated carbocycles. The highest BCUT2D eigenvalue weighted by Crippen LogP contribution is 1.99. The van der Waals surface area contributed by atoms with E-state index in [0.29, 0.717) is 12.0 Å². The molecule has 0 unspecified atom stereocenters. The number of allylic oxidation sites excluding steroid dienone is 1. The first kappa shape index (κ1) is 12.9. The monoisotopic (exact) mass is 159 g/mol. The van der Waals surface area contributed by atoms with Crippen molar-refractivity contribution in [2.45, 2.75) is 33.7 Å². The molecule has 0 radical (unpaired) electrons. The third-order valence-electron chi connectivity index (χ3n) is 1.25. The van der Waals surface area contributed by atoms with E-state index >= 15 is 0 Å². The molecule has 0 heterocycles. The Labute approximate surface area is 69.6 Å². The van der Waals surface area contributed by atoms with Crippen LogP contribution < -0.4 is 17.2 Å². The van der Waals surface area contributed by atoms with Gasteiger partial charge in [0, 0.05) is 17.9 Å². The first-order chi connectivity index (χ1) is 4.54. The summed E-state index contributed by atoms with van der Waals surface area (Å²) in [5.74, 6) is 0.436. The van der Waals surface area contributed by atoms with E-state index < -0.39 is 0 Å². The third kappa shape index (κ3) is 7.19. The highest BCUT2D eigenvalue weighted by molar-refractivity contribution is 4.97. The van der Waals surface area contributed by atoms with Gasteiger partial charge in [0.1, 0.15) is 0 Å².